The Morgan fingerprint density at radius 2 is 1.89 bits per heavy atom. The zero-order valence-corrected chi connectivity index (χ0v) is 21.3. The van der Waals surface area contributed by atoms with Crippen LogP contribution in [0.4, 0.5) is 0 Å². The first kappa shape index (κ1) is 24.3. The number of imidazole rings is 1. The van der Waals surface area contributed by atoms with Gasteiger partial charge in [0.1, 0.15) is 5.75 Å². The lowest BCUT2D eigenvalue weighted by Crippen LogP contribution is -2.36. The molecule has 6 nitrogen and oxygen atoms in total. The highest BCUT2D eigenvalue weighted by Gasteiger charge is 2.36. The van der Waals surface area contributed by atoms with Crippen molar-refractivity contribution in [2.75, 3.05) is 39.8 Å². The van der Waals surface area contributed by atoms with Gasteiger partial charge in [-0.05, 0) is 68.1 Å². The summed E-state index contributed by atoms with van der Waals surface area (Å²) in [6.07, 6.45) is 11.3. The average molecular weight is 485 g/mol. The number of hydrogen-bond donors (Lipinski definition) is 0. The molecule has 2 atom stereocenters. The Hall–Kier alpha value is -3.38. The fourth-order valence-corrected chi connectivity index (χ4v) is 5.62. The Balaban J connectivity index is 1.29. The minimum atomic E-state index is 0.0744. The summed E-state index contributed by atoms with van der Waals surface area (Å²) in [5.74, 6) is 1.66. The van der Waals surface area contributed by atoms with E-state index in [9.17, 15) is 4.79 Å². The number of rotatable bonds is 7. The van der Waals surface area contributed by atoms with E-state index in [1.807, 2.05) is 46.9 Å². The van der Waals surface area contributed by atoms with E-state index in [1.165, 1.54) is 37.9 Å². The number of carbonyl (C=O) groups is 1. The Morgan fingerprint density at radius 1 is 1.08 bits per heavy atom. The summed E-state index contributed by atoms with van der Waals surface area (Å²) in [6.45, 7) is 6.98. The normalized spacial score (nSPS) is 20.8. The first-order chi connectivity index (χ1) is 17.6. The topological polar surface area (TPSA) is 50.6 Å². The number of piperidine rings is 1. The molecule has 2 aromatic carbocycles. The monoisotopic (exact) mass is 484 g/mol. The molecule has 1 aromatic heterocycles. The quantitative estimate of drug-likeness (QED) is 0.446. The summed E-state index contributed by atoms with van der Waals surface area (Å²) < 4.78 is 7.57. The molecule has 0 radical (unpaired) electrons. The van der Waals surface area contributed by atoms with Gasteiger partial charge in [0.25, 0.3) is 0 Å². The molecule has 3 aromatic rings. The van der Waals surface area contributed by atoms with Crippen molar-refractivity contribution in [3.8, 4) is 11.4 Å². The Morgan fingerprint density at radius 3 is 2.61 bits per heavy atom. The second-order valence-electron chi connectivity index (χ2n) is 10.1. The molecule has 2 aliphatic rings. The van der Waals surface area contributed by atoms with Crippen LogP contribution in [0.2, 0.25) is 0 Å². The average Bonchev–Trinajstić information content (AvgIpc) is 3.54. The van der Waals surface area contributed by atoms with E-state index < -0.39 is 0 Å². The lowest BCUT2D eigenvalue weighted by Gasteiger charge is -2.31. The summed E-state index contributed by atoms with van der Waals surface area (Å²) in [7, 11) is 1.66. The largest absolute Gasteiger partial charge is 0.495 e. The van der Waals surface area contributed by atoms with E-state index in [1.54, 1.807) is 19.5 Å². The van der Waals surface area contributed by atoms with Gasteiger partial charge < -0.3 is 19.1 Å². The van der Waals surface area contributed by atoms with Gasteiger partial charge in [-0.2, -0.15) is 0 Å². The van der Waals surface area contributed by atoms with Crippen molar-refractivity contribution in [3.63, 3.8) is 0 Å². The number of likely N-dealkylation sites (tertiary alicyclic amines) is 2. The van der Waals surface area contributed by atoms with Gasteiger partial charge in [0.15, 0.2) is 0 Å². The molecule has 36 heavy (non-hydrogen) atoms. The summed E-state index contributed by atoms with van der Waals surface area (Å²) in [5.41, 5.74) is 4.15. The van der Waals surface area contributed by atoms with Crippen molar-refractivity contribution in [3.05, 3.63) is 84.0 Å². The van der Waals surface area contributed by atoms with E-state index >= 15 is 0 Å². The third-order valence-corrected chi connectivity index (χ3v) is 7.53. The van der Waals surface area contributed by atoms with Crippen LogP contribution in [-0.4, -0.2) is 65.1 Å². The van der Waals surface area contributed by atoms with Crippen molar-refractivity contribution in [1.82, 2.24) is 19.4 Å². The van der Waals surface area contributed by atoms with Gasteiger partial charge in [0, 0.05) is 37.8 Å². The fourth-order valence-electron chi connectivity index (χ4n) is 5.62. The van der Waals surface area contributed by atoms with E-state index in [4.69, 9.17) is 4.74 Å². The van der Waals surface area contributed by atoms with Crippen molar-refractivity contribution >= 4 is 12.0 Å². The van der Waals surface area contributed by atoms with Gasteiger partial charge >= 0.3 is 0 Å². The molecule has 0 saturated carbocycles. The molecule has 2 unspecified atom stereocenters. The lowest BCUT2D eigenvalue weighted by molar-refractivity contribution is -0.125. The highest BCUT2D eigenvalue weighted by Crippen LogP contribution is 2.34. The number of hydrogen-bond acceptors (Lipinski definition) is 4. The van der Waals surface area contributed by atoms with Crippen LogP contribution in [-0.2, 0) is 4.79 Å². The van der Waals surface area contributed by atoms with Crippen LogP contribution < -0.4 is 4.74 Å². The molecule has 188 valence electrons. The fraction of sp³-hybridized carbons (Fsp3) is 0.400. The number of aromatic nitrogens is 2. The molecule has 0 spiro atoms. The number of nitrogens with zero attached hydrogens (tertiary/aromatic N) is 4. The highest BCUT2D eigenvalue weighted by molar-refractivity contribution is 5.92. The van der Waals surface area contributed by atoms with E-state index in [2.05, 4.69) is 40.2 Å². The SMILES string of the molecule is COc1cc(C=CC(=O)N2CC(CN3CCCCC3)C(c3ccccc3)C2)ccc1-n1cnc(C)c1. The predicted molar refractivity (Wildman–Crippen MR) is 143 cm³/mol. The van der Waals surface area contributed by atoms with E-state index in [0.717, 1.165) is 42.3 Å². The number of carbonyl (C=O) groups excluding carboxylic acids is 1. The minimum Gasteiger partial charge on any atom is -0.495 e. The van der Waals surface area contributed by atoms with Gasteiger partial charge in [0.05, 0.1) is 24.8 Å². The number of methoxy groups -OCH3 is 1. The van der Waals surface area contributed by atoms with Gasteiger partial charge in [-0.25, -0.2) is 4.98 Å². The van der Waals surface area contributed by atoms with E-state index in [0.29, 0.717) is 11.8 Å². The maximum Gasteiger partial charge on any atom is 0.246 e. The first-order valence-electron chi connectivity index (χ1n) is 13.0. The molecule has 3 heterocycles. The molecule has 2 fully saturated rings. The van der Waals surface area contributed by atoms with Crippen LogP contribution in [0.15, 0.2) is 67.1 Å². The Labute approximate surface area is 214 Å². The first-order valence-corrected chi connectivity index (χ1v) is 13.0. The molecule has 5 rings (SSSR count). The molecule has 0 aliphatic carbocycles. The summed E-state index contributed by atoms with van der Waals surface area (Å²) in [6, 6.07) is 16.7. The molecule has 2 aliphatic heterocycles. The number of amides is 1. The van der Waals surface area contributed by atoms with Crippen molar-refractivity contribution in [2.45, 2.75) is 32.1 Å². The van der Waals surface area contributed by atoms with Gasteiger partial charge in [-0.15, -0.1) is 0 Å². The van der Waals surface area contributed by atoms with E-state index in [-0.39, 0.29) is 5.91 Å². The second kappa shape index (κ2) is 11.1. The zero-order chi connectivity index (χ0) is 24.9. The zero-order valence-electron chi connectivity index (χ0n) is 21.3. The van der Waals surface area contributed by atoms with Crippen LogP contribution in [0.25, 0.3) is 11.8 Å². The van der Waals surface area contributed by atoms with Gasteiger partial charge in [-0.3, -0.25) is 4.79 Å². The third kappa shape index (κ3) is 5.54. The minimum absolute atomic E-state index is 0.0744. The molecular weight excluding hydrogens is 448 g/mol. The predicted octanol–water partition coefficient (Wildman–Crippen LogP) is 4.93. The molecule has 0 N–H and O–H groups in total. The number of aryl methyl sites for hydroxylation is 1. The van der Waals surface area contributed by atoms with Crippen molar-refractivity contribution in [1.29, 1.82) is 0 Å². The van der Waals surface area contributed by atoms with Crippen LogP contribution >= 0.6 is 0 Å². The Kier molecular flexibility index (Phi) is 7.52. The smallest absolute Gasteiger partial charge is 0.246 e. The second-order valence-corrected chi connectivity index (χ2v) is 10.1. The maximum absolute atomic E-state index is 13.3. The number of benzene rings is 2. The Bertz CT molecular complexity index is 1200. The number of ether oxygens (including phenoxy) is 1. The summed E-state index contributed by atoms with van der Waals surface area (Å²) in [5, 5.41) is 0. The maximum atomic E-state index is 13.3. The molecule has 1 amide bonds. The van der Waals surface area contributed by atoms with Gasteiger partial charge in [-0.1, -0.05) is 42.8 Å². The highest BCUT2D eigenvalue weighted by atomic mass is 16.5. The lowest BCUT2D eigenvalue weighted by atomic mass is 9.88. The van der Waals surface area contributed by atoms with Crippen molar-refractivity contribution < 1.29 is 9.53 Å². The third-order valence-electron chi connectivity index (χ3n) is 7.53. The standard InChI is InChI=1S/C30H36N4O2/c1-23-18-34(22-31-23)28-13-11-24(17-29(28)36-2)12-14-30(35)33-20-26(19-32-15-7-4-8-16-32)27(21-33)25-9-5-3-6-10-25/h3,5-6,9-14,17-18,22,26-27H,4,7-8,15-16,19-21H2,1-2H3. The summed E-state index contributed by atoms with van der Waals surface area (Å²) in [4.78, 5) is 22.2. The molecular formula is C30H36N4O2. The van der Waals surface area contributed by atoms with Crippen LogP contribution in [0.1, 0.15) is 42.0 Å². The van der Waals surface area contributed by atoms with Crippen LogP contribution in [0.3, 0.4) is 0 Å². The summed E-state index contributed by atoms with van der Waals surface area (Å²) >= 11 is 0. The van der Waals surface area contributed by atoms with Gasteiger partial charge in [0.2, 0.25) is 5.91 Å². The van der Waals surface area contributed by atoms with Crippen LogP contribution in [0, 0.1) is 12.8 Å². The van der Waals surface area contributed by atoms with Crippen molar-refractivity contribution in [2.24, 2.45) is 5.92 Å². The molecule has 6 heteroatoms. The molecule has 0 bridgehead atoms. The van der Waals surface area contributed by atoms with Crippen LogP contribution in [0.5, 0.6) is 5.75 Å². The molecule has 2 saturated heterocycles.